The first-order chi connectivity index (χ1) is 6.27. The van der Waals surface area contributed by atoms with E-state index in [0.717, 1.165) is 18.7 Å². The number of aromatic nitrogens is 2. The van der Waals surface area contributed by atoms with Crippen LogP contribution in [-0.4, -0.2) is 15.5 Å². The fourth-order valence-corrected chi connectivity index (χ4v) is 1.22. The maximum absolute atomic E-state index is 11.3. The van der Waals surface area contributed by atoms with Crippen molar-refractivity contribution in [3.63, 3.8) is 0 Å². The van der Waals surface area contributed by atoms with Gasteiger partial charge in [-0.05, 0) is 12.8 Å². The molecule has 1 fully saturated rings. The van der Waals surface area contributed by atoms with Crippen molar-refractivity contribution in [1.29, 1.82) is 0 Å². The molecule has 0 bridgehead atoms. The number of aryl methyl sites for hydroxylation is 1. The third-order valence-electron chi connectivity index (χ3n) is 2.29. The molecule has 0 aromatic carbocycles. The van der Waals surface area contributed by atoms with E-state index < -0.39 is 0 Å². The first-order valence-electron chi connectivity index (χ1n) is 4.51. The second kappa shape index (κ2) is 3.20. The van der Waals surface area contributed by atoms with Crippen LogP contribution >= 0.6 is 0 Å². The molecule has 1 heterocycles. The van der Waals surface area contributed by atoms with Crippen LogP contribution < -0.4 is 5.32 Å². The van der Waals surface area contributed by atoms with Gasteiger partial charge in [0.15, 0.2) is 0 Å². The monoisotopic (exact) mass is 179 g/mol. The van der Waals surface area contributed by atoms with Crippen LogP contribution in [0.15, 0.2) is 12.4 Å². The van der Waals surface area contributed by atoms with Gasteiger partial charge in [-0.2, -0.15) is 0 Å². The second-order valence-corrected chi connectivity index (χ2v) is 3.45. The number of carbonyl (C=O) groups excluding carboxylic acids is 1. The molecule has 1 aliphatic rings. The van der Waals surface area contributed by atoms with E-state index in [1.807, 2.05) is 17.8 Å². The molecule has 1 aromatic heterocycles. The predicted molar refractivity (Wildman–Crippen MR) is 47.8 cm³/mol. The molecular formula is C9H13N3O. The number of rotatable bonds is 3. The summed E-state index contributed by atoms with van der Waals surface area (Å²) in [6, 6.07) is 0. The normalized spacial score (nSPS) is 15.8. The molecule has 2 rings (SSSR count). The zero-order valence-corrected chi connectivity index (χ0v) is 7.66. The Morgan fingerprint density at radius 2 is 2.54 bits per heavy atom. The third-order valence-corrected chi connectivity index (χ3v) is 2.29. The average molecular weight is 179 g/mol. The molecular weight excluding hydrogens is 166 g/mol. The van der Waals surface area contributed by atoms with Crippen LogP contribution in [0.1, 0.15) is 18.7 Å². The molecule has 0 unspecified atom stereocenters. The number of nitrogens with zero attached hydrogens (tertiary/aromatic N) is 2. The van der Waals surface area contributed by atoms with E-state index in [0.29, 0.717) is 6.54 Å². The molecule has 0 radical (unpaired) electrons. The minimum absolute atomic E-state index is 0.169. The van der Waals surface area contributed by atoms with Gasteiger partial charge in [0.05, 0.1) is 6.54 Å². The van der Waals surface area contributed by atoms with Gasteiger partial charge < -0.3 is 9.88 Å². The number of hydrogen-bond donors (Lipinski definition) is 1. The Bertz CT molecular complexity index is 314. The van der Waals surface area contributed by atoms with Gasteiger partial charge in [-0.15, -0.1) is 0 Å². The number of hydrogen-bond acceptors (Lipinski definition) is 2. The van der Waals surface area contributed by atoms with Gasteiger partial charge >= 0.3 is 0 Å². The number of amides is 1. The maximum Gasteiger partial charge on any atom is 0.223 e. The Labute approximate surface area is 77.0 Å². The van der Waals surface area contributed by atoms with E-state index in [1.165, 1.54) is 0 Å². The molecule has 1 aromatic rings. The minimum Gasteiger partial charge on any atom is -0.349 e. The lowest BCUT2D eigenvalue weighted by Gasteiger charge is -2.03. The Morgan fingerprint density at radius 1 is 1.77 bits per heavy atom. The lowest BCUT2D eigenvalue weighted by atomic mass is 10.4. The second-order valence-electron chi connectivity index (χ2n) is 3.45. The van der Waals surface area contributed by atoms with E-state index in [2.05, 4.69) is 10.3 Å². The summed E-state index contributed by atoms with van der Waals surface area (Å²) in [5.74, 6) is 1.34. The summed E-state index contributed by atoms with van der Waals surface area (Å²) in [6.45, 7) is 0.541. The van der Waals surface area contributed by atoms with Crippen molar-refractivity contribution < 1.29 is 4.79 Å². The highest BCUT2D eigenvalue weighted by molar-refractivity contribution is 5.80. The van der Waals surface area contributed by atoms with Crippen LogP contribution in [0.4, 0.5) is 0 Å². The van der Waals surface area contributed by atoms with Crippen LogP contribution in [0.2, 0.25) is 0 Å². The number of carbonyl (C=O) groups is 1. The Balaban J connectivity index is 1.85. The summed E-state index contributed by atoms with van der Waals surface area (Å²) in [7, 11) is 1.92. The topological polar surface area (TPSA) is 46.9 Å². The standard InChI is InChI=1S/C9H13N3O/c1-12-5-4-10-8(12)6-11-9(13)7-2-3-7/h4-5,7H,2-3,6H2,1H3,(H,11,13). The van der Waals surface area contributed by atoms with Gasteiger partial charge in [0.2, 0.25) is 5.91 Å². The van der Waals surface area contributed by atoms with Gasteiger partial charge in [0.1, 0.15) is 5.82 Å². The van der Waals surface area contributed by atoms with Crippen LogP contribution in [-0.2, 0) is 18.4 Å². The Morgan fingerprint density at radius 3 is 3.08 bits per heavy atom. The molecule has 1 amide bonds. The molecule has 0 spiro atoms. The average Bonchev–Trinajstić information content (AvgIpc) is 2.88. The highest BCUT2D eigenvalue weighted by Crippen LogP contribution is 2.28. The van der Waals surface area contributed by atoms with Crippen molar-refractivity contribution in [2.24, 2.45) is 13.0 Å². The molecule has 13 heavy (non-hydrogen) atoms. The van der Waals surface area contributed by atoms with Crippen molar-refractivity contribution in [2.45, 2.75) is 19.4 Å². The van der Waals surface area contributed by atoms with E-state index in [4.69, 9.17) is 0 Å². The SMILES string of the molecule is Cn1ccnc1CNC(=O)C1CC1. The Kier molecular flexibility index (Phi) is 2.04. The molecule has 0 atom stereocenters. The van der Waals surface area contributed by atoms with Crippen molar-refractivity contribution >= 4 is 5.91 Å². The Hall–Kier alpha value is -1.32. The largest absolute Gasteiger partial charge is 0.349 e. The molecule has 0 saturated heterocycles. The van der Waals surface area contributed by atoms with Crippen molar-refractivity contribution in [3.8, 4) is 0 Å². The van der Waals surface area contributed by atoms with Gasteiger partial charge in [0.25, 0.3) is 0 Å². The molecule has 1 N–H and O–H groups in total. The third kappa shape index (κ3) is 1.88. The van der Waals surface area contributed by atoms with E-state index >= 15 is 0 Å². The summed E-state index contributed by atoms with van der Waals surface area (Å²) in [4.78, 5) is 15.4. The van der Waals surface area contributed by atoms with E-state index in [9.17, 15) is 4.79 Å². The number of imidazole rings is 1. The highest BCUT2D eigenvalue weighted by atomic mass is 16.2. The zero-order chi connectivity index (χ0) is 9.26. The molecule has 0 aliphatic heterocycles. The van der Waals surface area contributed by atoms with Crippen molar-refractivity contribution in [3.05, 3.63) is 18.2 Å². The fraction of sp³-hybridized carbons (Fsp3) is 0.556. The molecule has 4 heteroatoms. The lowest BCUT2D eigenvalue weighted by Crippen LogP contribution is -2.25. The smallest absolute Gasteiger partial charge is 0.223 e. The maximum atomic E-state index is 11.3. The summed E-state index contributed by atoms with van der Waals surface area (Å²) in [5, 5.41) is 2.87. The highest BCUT2D eigenvalue weighted by Gasteiger charge is 2.29. The van der Waals surface area contributed by atoms with Crippen LogP contribution in [0.5, 0.6) is 0 Å². The summed E-state index contributed by atoms with van der Waals surface area (Å²) < 4.78 is 1.91. The van der Waals surface area contributed by atoms with Crippen LogP contribution in [0.25, 0.3) is 0 Å². The minimum atomic E-state index is 0.169. The van der Waals surface area contributed by atoms with E-state index in [-0.39, 0.29) is 11.8 Å². The van der Waals surface area contributed by atoms with Gasteiger partial charge in [-0.3, -0.25) is 4.79 Å². The fourth-order valence-electron chi connectivity index (χ4n) is 1.22. The van der Waals surface area contributed by atoms with Crippen molar-refractivity contribution in [1.82, 2.24) is 14.9 Å². The van der Waals surface area contributed by atoms with Gasteiger partial charge in [-0.1, -0.05) is 0 Å². The lowest BCUT2D eigenvalue weighted by molar-refractivity contribution is -0.122. The van der Waals surface area contributed by atoms with Crippen LogP contribution in [0, 0.1) is 5.92 Å². The molecule has 1 aliphatic carbocycles. The molecule has 70 valence electrons. The first-order valence-corrected chi connectivity index (χ1v) is 4.51. The predicted octanol–water partition coefficient (Wildman–Crippen LogP) is 0.446. The van der Waals surface area contributed by atoms with Crippen molar-refractivity contribution in [2.75, 3.05) is 0 Å². The summed E-state index contributed by atoms with van der Waals surface area (Å²) in [5.41, 5.74) is 0. The number of nitrogens with one attached hydrogen (secondary N) is 1. The molecule has 4 nitrogen and oxygen atoms in total. The first kappa shape index (κ1) is 8.29. The zero-order valence-electron chi connectivity index (χ0n) is 7.66. The van der Waals surface area contributed by atoms with E-state index in [1.54, 1.807) is 6.20 Å². The van der Waals surface area contributed by atoms with Gasteiger partial charge in [0, 0.05) is 25.4 Å². The summed E-state index contributed by atoms with van der Waals surface area (Å²) >= 11 is 0. The quantitative estimate of drug-likeness (QED) is 0.732. The summed E-state index contributed by atoms with van der Waals surface area (Å²) in [6.07, 6.45) is 5.70. The van der Waals surface area contributed by atoms with Gasteiger partial charge in [-0.25, -0.2) is 4.98 Å². The van der Waals surface area contributed by atoms with Crippen LogP contribution in [0.3, 0.4) is 0 Å². The molecule has 1 saturated carbocycles.